The first-order chi connectivity index (χ1) is 9.50. The van der Waals surface area contributed by atoms with Crippen molar-refractivity contribution in [3.63, 3.8) is 0 Å². The Morgan fingerprint density at radius 1 is 1.25 bits per heavy atom. The van der Waals surface area contributed by atoms with Crippen LogP contribution in [0, 0.1) is 6.92 Å². The molecule has 0 spiro atoms. The summed E-state index contributed by atoms with van der Waals surface area (Å²) in [6, 6.07) is 5.85. The van der Waals surface area contributed by atoms with Crippen LogP contribution in [-0.2, 0) is 4.79 Å². The summed E-state index contributed by atoms with van der Waals surface area (Å²) in [7, 11) is 0. The highest BCUT2D eigenvalue weighted by atomic mass is 32.1. The molecule has 1 aromatic heterocycles. The molecule has 0 radical (unpaired) electrons. The highest BCUT2D eigenvalue weighted by Gasteiger charge is 2.16. The lowest BCUT2D eigenvalue weighted by atomic mass is 10.1. The zero-order valence-corrected chi connectivity index (χ0v) is 12.3. The molecule has 2 amide bonds. The number of rotatable bonds is 4. The molecular weight excluding hydrogens is 274 g/mol. The third kappa shape index (κ3) is 2.91. The largest absolute Gasteiger partial charge is 0.397 e. The molecule has 0 saturated carbocycles. The van der Waals surface area contributed by atoms with E-state index in [4.69, 9.17) is 5.73 Å². The topological polar surface area (TPSA) is 84.2 Å². The van der Waals surface area contributed by atoms with Crippen LogP contribution in [0.4, 0.5) is 5.69 Å². The number of benzene rings is 1. The minimum Gasteiger partial charge on any atom is -0.397 e. The standard InChI is InChI=1S/C14H17N3O2S/c1-8-4-3-5-10-11(15)13(20-12(8)10)14(19)17-7-6-16-9(2)18/h3-5H,6-7,15H2,1-2H3,(H,16,18)(H,17,19). The van der Waals surface area contributed by atoms with Crippen LogP contribution in [0.15, 0.2) is 18.2 Å². The van der Waals surface area contributed by atoms with Gasteiger partial charge in [-0.2, -0.15) is 0 Å². The average Bonchev–Trinajstić information content (AvgIpc) is 2.74. The number of nitrogen functional groups attached to an aromatic ring is 1. The van der Waals surface area contributed by atoms with Crippen molar-refractivity contribution < 1.29 is 9.59 Å². The quantitative estimate of drug-likeness (QED) is 0.749. The fraction of sp³-hybridized carbons (Fsp3) is 0.286. The first-order valence-corrected chi connectivity index (χ1v) is 7.12. The maximum absolute atomic E-state index is 12.1. The number of hydrogen-bond donors (Lipinski definition) is 3. The van der Waals surface area contributed by atoms with Gasteiger partial charge in [-0.1, -0.05) is 18.2 Å². The van der Waals surface area contributed by atoms with E-state index < -0.39 is 0 Å². The second-order valence-corrected chi connectivity index (χ2v) is 5.56. The summed E-state index contributed by atoms with van der Waals surface area (Å²) >= 11 is 1.40. The van der Waals surface area contributed by atoms with Crippen LogP contribution in [0.3, 0.4) is 0 Å². The monoisotopic (exact) mass is 291 g/mol. The smallest absolute Gasteiger partial charge is 0.263 e. The zero-order valence-electron chi connectivity index (χ0n) is 11.4. The van der Waals surface area contributed by atoms with Crippen molar-refractivity contribution in [3.8, 4) is 0 Å². The first kappa shape index (κ1) is 14.3. The highest BCUT2D eigenvalue weighted by Crippen LogP contribution is 2.35. The SMILES string of the molecule is CC(=O)NCCNC(=O)c1sc2c(C)cccc2c1N. The number of carbonyl (C=O) groups excluding carboxylic acids is 2. The van der Waals surface area contributed by atoms with Crippen molar-refractivity contribution in [1.29, 1.82) is 0 Å². The zero-order chi connectivity index (χ0) is 14.7. The number of nitrogens with two attached hydrogens (primary N) is 1. The number of nitrogens with one attached hydrogen (secondary N) is 2. The second-order valence-electron chi connectivity index (χ2n) is 4.54. The Bertz CT molecular complexity index is 664. The summed E-state index contributed by atoms with van der Waals surface area (Å²) in [6.07, 6.45) is 0. The third-order valence-corrected chi connectivity index (χ3v) is 4.30. The van der Waals surface area contributed by atoms with E-state index in [0.29, 0.717) is 23.7 Å². The lowest BCUT2D eigenvalue weighted by Gasteiger charge is -2.04. The van der Waals surface area contributed by atoms with Crippen LogP contribution in [0.1, 0.15) is 22.2 Å². The maximum atomic E-state index is 12.1. The number of carbonyl (C=O) groups is 2. The molecule has 2 aromatic rings. The van der Waals surface area contributed by atoms with Gasteiger partial charge in [0.1, 0.15) is 4.88 Å². The number of amides is 2. The third-order valence-electron chi connectivity index (χ3n) is 2.94. The summed E-state index contributed by atoms with van der Waals surface area (Å²) < 4.78 is 1.04. The molecule has 2 rings (SSSR count). The molecule has 20 heavy (non-hydrogen) atoms. The normalized spacial score (nSPS) is 10.5. The van der Waals surface area contributed by atoms with Gasteiger partial charge in [0.2, 0.25) is 5.91 Å². The number of fused-ring (bicyclic) bond motifs is 1. The molecule has 0 aliphatic rings. The van der Waals surface area contributed by atoms with E-state index in [1.54, 1.807) is 0 Å². The van der Waals surface area contributed by atoms with E-state index in [2.05, 4.69) is 10.6 Å². The van der Waals surface area contributed by atoms with Crippen molar-refractivity contribution in [2.24, 2.45) is 0 Å². The molecule has 6 heteroatoms. The van der Waals surface area contributed by atoms with Crippen molar-refractivity contribution in [2.45, 2.75) is 13.8 Å². The van der Waals surface area contributed by atoms with Gasteiger partial charge < -0.3 is 16.4 Å². The van der Waals surface area contributed by atoms with Gasteiger partial charge in [-0.15, -0.1) is 11.3 Å². The van der Waals surface area contributed by atoms with Crippen molar-refractivity contribution in [3.05, 3.63) is 28.6 Å². The van der Waals surface area contributed by atoms with Crippen LogP contribution >= 0.6 is 11.3 Å². The number of thiophene rings is 1. The van der Waals surface area contributed by atoms with Crippen molar-refractivity contribution in [1.82, 2.24) is 10.6 Å². The van der Waals surface area contributed by atoms with Gasteiger partial charge in [-0.05, 0) is 12.5 Å². The fourth-order valence-electron chi connectivity index (χ4n) is 1.94. The Morgan fingerprint density at radius 2 is 1.95 bits per heavy atom. The first-order valence-electron chi connectivity index (χ1n) is 6.31. The summed E-state index contributed by atoms with van der Waals surface area (Å²) in [5.74, 6) is -0.315. The van der Waals surface area contributed by atoms with Gasteiger partial charge in [0, 0.05) is 30.1 Å². The minimum atomic E-state index is -0.201. The highest BCUT2D eigenvalue weighted by molar-refractivity contribution is 7.21. The Hall–Kier alpha value is -2.08. The van der Waals surface area contributed by atoms with Gasteiger partial charge in [0.15, 0.2) is 0 Å². The van der Waals surface area contributed by atoms with Crippen LogP contribution < -0.4 is 16.4 Å². The summed E-state index contributed by atoms with van der Waals surface area (Å²) in [6.45, 7) is 4.22. The molecule has 0 aliphatic heterocycles. The molecule has 0 aliphatic carbocycles. The van der Waals surface area contributed by atoms with Crippen LogP contribution in [0.2, 0.25) is 0 Å². The molecule has 4 N–H and O–H groups in total. The van der Waals surface area contributed by atoms with E-state index >= 15 is 0 Å². The maximum Gasteiger partial charge on any atom is 0.263 e. The van der Waals surface area contributed by atoms with Crippen LogP contribution in [0.5, 0.6) is 0 Å². The second kappa shape index (κ2) is 5.92. The van der Waals surface area contributed by atoms with Gasteiger partial charge in [-0.25, -0.2) is 0 Å². The summed E-state index contributed by atoms with van der Waals surface area (Å²) in [5.41, 5.74) is 7.67. The molecule has 0 fully saturated rings. The van der Waals surface area contributed by atoms with Gasteiger partial charge in [0.05, 0.1) is 5.69 Å². The van der Waals surface area contributed by atoms with Gasteiger partial charge in [0.25, 0.3) is 5.91 Å². The number of aryl methyl sites for hydroxylation is 1. The Kier molecular flexibility index (Phi) is 4.24. The Morgan fingerprint density at radius 3 is 2.60 bits per heavy atom. The van der Waals surface area contributed by atoms with E-state index in [9.17, 15) is 9.59 Å². The van der Waals surface area contributed by atoms with Crippen LogP contribution in [0.25, 0.3) is 10.1 Å². The van der Waals surface area contributed by atoms with Gasteiger partial charge >= 0.3 is 0 Å². The fourth-order valence-corrected chi connectivity index (χ4v) is 3.05. The Balaban J connectivity index is 2.12. The molecule has 1 aromatic carbocycles. The molecular formula is C14H17N3O2S. The average molecular weight is 291 g/mol. The van der Waals surface area contributed by atoms with Crippen molar-refractivity contribution >= 4 is 38.9 Å². The van der Waals surface area contributed by atoms with E-state index in [1.807, 2.05) is 25.1 Å². The molecule has 106 valence electrons. The molecule has 0 unspecified atom stereocenters. The van der Waals surface area contributed by atoms with Crippen LogP contribution in [-0.4, -0.2) is 24.9 Å². The molecule has 0 bridgehead atoms. The Labute approximate surface area is 121 Å². The minimum absolute atomic E-state index is 0.115. The molecule has 1 heterocycles. The van der Waals surface area contributed by atoms with Gasteiger partial charge in [-0.3, -0.25) is 9.59 Å². The van der Waals surface area contributed by atoms with E-state index in [-0.39, 0.29) is 11.8 Å². The van der Waals surface area contributed by atoms with Crippen molar-refractivity contribution in [2.75, 3.05) is 18.8 Å². The number of hydrogen-bond acceptors (Lipinski definition) is 4. The van der Waals surface area contributed by atoms with E-state index in [1.165, 1.54) is 18.3 Å². The lowest BCUT2D eigenvalue weighted by Crippen LogP contribution is -2.33. The lowest BCUT2D eigenvalue weighted by molar-refractivity contribution is -0.118. The van der Waals surface area contributed by atoms with E-state index in [0.717, 1.165) is 15.6 Å². The molecule has 0 atom stereocenters. The predicted octanol–water partition coefficient (Wildman–Crippen LogP) is 1.66. The predicted molar refractivity (Wildman–Crippen MR) is 82.0 cm³/mol. The summed E-state index contributed by atoms with van der Waals surface area (Å²) in [4.78, 5) is 23.3. The molecule has 5 nitrogen and oxygen atoms in total. The number of anilines is 1. The molecule has 0 saturated heterocycles. The summed E-state index contributed by atoms with van der Waals surface area (Å²) in [5, 5.41) is 6.29.